The molecule has 248 valence electrons. The van der Waals surface area contributed by atoms with Crippen molar-refractivity contribution in [3.05, 3.63) is 95.3 Å². The Bertz CT molecular complexity index is 2150. The first-order valence-electron chi connectivity index (χ1n) is 16.6. The maximum absolute atomic E-state index is 15.0. The molecule has 7 rings (SSSR count). The molecular weight excluding hydrogens is 616 g/mol. The van der Waals surface area contributed by atoms with Crippen LogP contribution in [0.5, 0.6) is 6.01 Å². The first-order chi connectivity index (χ1) is 23.9. The molecule has 11 heteroatoms. The van der Waals surface area contributed by atoms with Crippen LogP contribution in [0, 0.1) is 18.3 Å². The summed E-state index contributed by atoms with van der Waals surface area (Å²) in [5.74, 6) is 0.660. The van der Waals surface area contributed by atoms with Gasteiger partial charge in [-0.2, -0.15) is 15.2 Å². The molecule has 11 nitrogen and oxygen atoms in total. The highest BCUT2D eigenvalue weighted by Crippen LogP contribution is 2.32. The van der Waals surface area contributed by atoms with Crippen LogP contribution in [0.3, 0.4) is 0 Å². The standard InChI is InChI=1S/C38H38N8O3/c1-4-31(47)45-22-21-44(23-28(45)18-19-39)36-33-34(41-38(42-36)49-24-29-16-10-20-43(29)3)37(48)46(35(40-33)27-12-6-5-7-13-27)30-17-9-15-26-14-8-11-25(2)32(26)30/h4-9,11-15,17,28-29H,1,10,16,18,20-24H2,2-3H3. The molecule has 0 saturated carbocycles. The zero-order valence-corrected chi connectivity index (χ0v) is 27.7. The van der Waals surface area contributed by atoms with E-state index in [1.165, 1.54) is 6.08 Å². The number of nitrogens with zero attached hydrogens (tertiary/aromatic N) is 8. The zero-order chi connectivity index (χ0) is 34.1. The number of nitriles is 1. The number of benzene rings is 3. The second-order valence-electron chi connectivity index (χ2n) is 12.7. The van der Waals surface area contributed by atoms with Gasteiger partial charge in [-0.25, -0.2) is 4.98 Å². The topological polar surface area (TPSA) is 120 Å². The van der Waals surface area contributed by atoms with Crippen molar-refractivity contribution in [2.24, 2.45) is 0 Å². The number of aryl methyl sites for hydroxylation is 1. The number of ether oxygens (including phenoxy) is 1. The van der Waals surface area contributed by atoms with Gasteiger partial charge >= 0.3 is 6.01 Å². The third kappa shape index (κ3) is 6.00. The fourth-order valence-corrected chi connectivity index (χ4v) is 7.11. The van der Waals surface area contributed by atoms with Gasteiger partial charge in [0, 0.05) is 36.6 Å². The smallest absolute Gasteiger partial charge is 0.319 e. The second-order valence-corrected chi connectivity index (χ2v) is 12.7. The minimum absolute atomic E-state index is 0.0937. The number of carbonyl (C=O) groups excluding carboxylic acids is 1. The fourth-order valence-electron chi connectivity index (χ4n) is 7.11. The molecule has 2 unspecified atom stereocenters. The van der Waals surface area contributed by atoms with Crippen LogP contribution in [0.2, 0.25) is 0 Å². The Morgan fingerprint density at radius 2 is 1.80 bits per heavy atom. The minimum Gasteiger partial charge on any atom is -0.462 e. The van der Waals surface area contributed by atoms with Gasteiger partial charge in [-0.05, 0) is 56.4 Å². The van der Waals surface area contributed by atoms with E-state index in [4.69, 9.17) is 19.7 Å². The summed E-state index contributed by atoms with van der Waals surface area (Å²) in [5.41, 5.74) is 2.61. The Morgan fingerprint density at radius 3 is 2.53 bits per heavy atom. The van der Waals surface area contributed by atoms with Crippen LogP contribution in [0.15, 0.2) is 84.2 Å². The number of piperazine rings is 1. The van der Waals surface area contributed by atoms with E-state index in [1.54, 1.807) is 9.47 Å². The number of likely N-dealkylation sites (N-methyl/N-ethyl adjacent to an activating group) is 1. The average Bonchev–Trinajstić information content (AvgIpc) is 3.54. The maximum atomic E-state index is 15.0. The molecule has 0 bridgehead atoms. The molecule has 2 aliphatic rings. The van der Waals surface area contributed by atoms with Crippen LogP contribution in [0.25, 0.3) is 38.9 Å². The molecule has 0 spiro atoms. The lowest BCUT2D eigenvalue weighted by Crippen LogP contribution is -2.55. The molecule has 0 N–H and O–H groups in total. The largest absolute Gasteiger partial charge is 0.462 e. The van der Waals surface area contributed by atoms with Crippen LogP contribution in [0.1, 0.15) is 24.8 Å². The predicted molar refractivity (Wildman–Crippen MR) is 190 cm³/mol. The van der Waals surface area contributed by atoms with Crippen LogP contribution in [-0.4, -0.2) is 87.1 Å². The summed E-state index contributed by atoms with van der Waals surface area (Å²) in [7, 11) is 2.08. The van der Waals surface area contributed by atoms with Crippen molar-refractivity contribution < 1.29 is 9.53 Å². The molecular formula is C38H38N8O3. The lowest BCUT2D eigenvalue weighted by molar-refractivity contribution is -0.128. The van der Waals surface area contributed by atoms with E-state index >= 15 is 0 Å². The van der Waals surface area contributed by atoms with Gasteiger partial charge < -0.3 is 19.4 Å². The normalized spacial score (nSPS) is 18.1. The van der Waals surface area contributed by atoms with Crippen LogP contribution >= 0.6 is 0 Å². The van der Waals surface area contributed by atoms with Gasteiger partial charge in [0.25, 0.3) is 5.56 Å². The summed E-state index contributed by atoms with van der Waals surface area (Å²) < 4.78 is 7.91. The van der Waals surface area contributed by atoms with Crippen LogP contribution in [-0.2, 0) is 4.79 Å². The maximum Gasteiger partial charge on any atom is 0.319 e. The number of hydrogen-bond acceptors (Lipinski definition) is 9. The van der Waals surface area contributed by atoms with E-state index in [2.05, 4.69) is 24.6 Å². The first kappa shape index (κ1) is 32.0. The van der Waals surface area contributed by atoms with Gasteiger partial charge in [0.05, 0.1) is 24.2 Å². The highest BCUT2D eigenvalue weighted by molar-refractivity contribution is 5.95. The van der Waals surface area contributed by atoms with Crippen molar-refractivity contribution in [3.8, 4) is 29.2 Å². The van der Waals surface area contributed by atoms with Gasteiger partial charge in [-0.1, -0.05) is 67.2 Å². The third-order valence-electron chi connectivity index (χ3n) is 9.69. The Kier molecular flexibility index (Phi) is 8.80. The van der Waals surface area contributed by atoms with E-state index in [9.17, 15) is 14.9 Å². The van der Waals surface area contributed by atoms with Crippen molar-refractivity contribution in [3.63, 3.8) is 0 Å². The van der Waals surface area contributed by atoms with Gasteiger partial charge in [-0.15, -0.1) is 0 Å². The first-order valence-corrected chi connectivity index (χ1v) is 16.6. The lowest BCUT2D eigenvalue weighted by atomic mass is 10.0. The summed E-state index contributed by atoms with van der Waals surface area (Å²) in [6, 6.07) is 23.7. The molecule has 49 heavy (non-hydrogen) atoms. The van der Waals surface area contributed by atoms with Gasteiger partial charge in [-0.3, -0.25) is 14.2 Å². The summed E-state index contributed by atoms with van der Waals surface area (Å²) in [5, 5.41) is 11.6. The van der Waals surface area contributed by atoms with E-state index < -0.39 is 6.04 Å². The zero-order valence-electron chi connectivity index (χ0n) is 27.7. The molecule has 2 aliphatic heterocycles. The van der Waals surface area contributed by atoms with Gasteiger partial charge in [0.1, 0.15) is 17.9 Å². The Balaban J connectivity index is 1.46. The predicted octanol–water partition coefficient (Wildman–Crippen LogP) is 4.89. The second kappa shape index (κ2) is 13.5. The van der Waals surface area contributed by atoms with E-state index in [0.717, 1.165) is 41.3 Å². The molecule has 5 aromatic rings. The summed E-state index contributed by atoms with van der Waals surface area (Å²) in [6.07, 6.45) is 3.49. The Hall–Kier alpha value is -5.60. The SMILES string of the molecule is C=CC(=O)N1CCN(c2nc(OCC3CCCN3C)nc3c(=O)n(-c4cccc5cccc(C)c45)c(-c4ccccc4)nc23)CC1CC#N. The van der Waals surface area contributed by atoms with Crippen molar-refractivity contribution in [1.29, 1.82) is 5.26 Å². The molecule has 2 fully saturated rings. The highest BCUT2D eigenvalue weighted by atomic mass is 16.5. The monoisotopic (exact) mass is 654 g/mol. The number of amides is 1. The Labute approximate surface area is 284 Å². The van der Waals surface area contributed by atoms with Crippen molar-refractivity contribution in [2.45, 2.75) is 38.3 Å². The molecule has 3 aromatic carbocycles. The number of fused-ring (bicyclic) bond motifs is 2. The number of hydrogen-bond donors (Lipinski definition) is 0. The quantitative estimate of drug-likeness (QED) is 0.215. The van der Waals surface area contributed by atoms with Crippen LogP contribution < -0.4 is 15.2 Å². The molecule has 4 heterocycles. The van der Waals surface area contributed by atoms with Gasteiger partial charge in [0.15, 0.2) is 11.3 Å². The van der Waals surface area contributed by atoms with E-state index in [0.29, 0.717) is 49.1 Å². The molecule has 0 radical (unpaired) electrons. The van der Waals surface area contributed by atoms with E-state index in [-0.39, 0.29) is 35.5 Å². The molecule has 2 atom stereocenters. The number of anilines is 1. The summed E-state index contributed by atoms with van der Waals surface area (Å²) in [6.45, 7) is 8.14. The highest BCUT2D eigenvalue weighted by Gasteiger charge is 2.33. The average molecular weight is 655 g/mol. The lowest BCUT2D eigenvalue weighted by Gasteiger charge is -2.40. The Morgan fingerprint density at radius 1 is 1.00 bits per heavy atom. The van der Waals surface area contributed by atoms with Gasteiger partial charge in [0.2, 0.25) is 5.91 Å². The fraction of sp³-hybridized carbons (Fsp3) is 0.316. The number of rotatable bonds is 8. The molecule has 2 aromatic heterocycles. The molecule has 2 saturated heterocycles. The van der Waals surface area contributed by atoms with Crippen molar-refractivity contribution in [2.75, 3.05) is 44.7 Å². The number of aromatic nitrogens is 4. The molecule has 1 amide bonds. The molecule has 0 aliphatic carbocycles. The number of likely N-dealkylation sites (tertiary alicyclic amines) is 1. The number of carbonyl (C=O) groups is 1. The van der Waals surface area contributed by atoms with E-state index in [1.807, 2.05) is 78.6 Å². The summed E-state index contributed by atoms with van der Waals surface area (Å²) >= 11 is 0. The minimum atomic E-state index is -0.404. The van der Waals surface area contributed by atoms with Crippen molar-refractivity contribution >= 4 is 33.5 Å². The summed E-state index contributed by atoms with van der Waals surface area (Å²) in [4.78, 5) is 48.4. The van der Waals surface area contributed by atoms with Crippen LogP contribution in [0.4, 0.5) is 5.82 Å². The third-order valence-corrected chi connectivity index (χ3v) is 9.69. The van der Waals surface area contributed by atoms with Crippen molar-refractivity contribution in [1.82, 2.24) is 29.3 Å².